The summed E-state index contributed by atoms with van der Waals surface area (Å²) in [5.41, 5.74) is 2.28. The van der Waals surface area contributed by atoms with Gasteiger partial charge >= 0.3 is 0 Å². The van der Waals surface area contributed by atoms with Gasteiger partial charge in [0.1, 0.15) is 12.1 Å². The van der Waals surface area contributed by atoms with Gasteiger partial charge in [0, 0.05) is 50.6 Å². The van der Waals surface area contributed by atoms with Crippen molar-refractivity contribution in [2.24, 2.45) is 0 Å². The van der Waals surface area contributed by atoms with Crippen LogP contribution in [0.1, 0.15) is 44.2 Å². The number of carbonyl (C=O) groups is 1. The Labute approximate surface area is 167 Å². The van der Waals surface area contributed by atoms with E-state index < -0.39 is 0 Å². The van der Waals surface area contributed by atoms with Gasteiger partial charge in [-0.25, -0.2) is 9.97 Å². The third-order valence-electron chi connectivity index (χ3n) is 5.24. The normalized spacial score (nSPS) is 17.7. The van der Waals surface area contributed by atoms with E-state index in [0.29, 0.717) is 13.2 Å². The smallest absolute Gasteiger partial charge is 0.219 e. The summed E-state index contributed by atoms with van der Waals surface area (Å²) in [5, 5.41) is 0. The molecule has 0 unspecified atom stereocenters. The number of benzene rings is 1. The summed E-state index contributed by atoms with van der Waals surface area (Å²) in [4.78, 5) is 24.9. The van der Waals surface area contributed by atoms with E-state index in [4.69, 9.17) is 4.74 Å². The van der Waals surface area contributed by atoms with Crippen LogP contribution in [0.15, 0.2) is 43.0 Å². The van der Waals surface area contributed by atoms with Crippen molar-refractivity contribution in [1.29, 1.82) is 0 Å². The van der Waals surface area contributed by atoms with Crippen molar-refractivity contribution in [3.63, 3.8) is 0 Å². The second-order valence-corrected chi connectivity index (χ2v) is 7.33. The van der Waals surface area contributed by atoms with E-state index in [2.05, 4.69) is 27.0 Å². The molecule has 1 amide bonds. The maximum absolute atomic E-state index is 12.3. The molecule has 0 radical (unpaired) electrons. The lowest BCUT2D eigenvalue weighted by Crippen LogP contribution is -2.39. The van der Waals surface area contributed by atoms with Crippen molar-refractivity contribution in [2.45, 2.75) is 52.2 Å². The molecule has 150 valence electrons. The van der Waals surface area contributed by atoms with Crippen molar-refractivity contribution in [3.8, 4) is 5.75 Å². The van der Waals surface area contributed by atoms with Gasteiger partial charge in [-0.1, -0.05) is 12.1 Å². The molecule has 1 atom stereocenters. The standard InChI is InChI=1S/C22H30N4O2/c1-3-28-22-8-6-19(7-9-22)15-25-11-4-5-21(10-12-25)26(18(2)27)16-20-13-23-17-24-14-20/h6-9,13-14,17,21H,3-5,10-12,15-16H2,1-2H3/t21-/m1/s1. The quantitative estimate of drug-likeness (QED) is 0.735. The van der Waals surface area contributed by atoms with Gasteiger partial charge in [0.2, 0.25) is 5.91 Å². The molecule has 0 saturated carbocycles. The summed E-state index contributed by atoms with van der Waals surface area (Å²) < 4.78 is 5.52. The summed E-state index contributed by atoms with van der Waals surface area (Å²) in [6.07, 6.45) is 8.22. The van der Waals surface area contributed by atoms with Crippen LogP contribution < -0.4 is 4.74 Å². The molecule has 1 aliphatic heterocycles. The highest BCUT2D eigenvalue weighted by atomic mass is 16.5. The highest BCUT2D eigenvalue weighted by Gasteiger charge is 2.24. The number of amides is 1. The van der Waals surface area contributed by atoms with Crippen LogP contribution in [0, 0.1) is 0 Å². The fourth-order valence-electron chi connectivity index (χ4n) is 3.83. The number of nitrogens with zero attached hydrogens (tertiary/aromatic N) is 4. The summed E-state index contributed by atoms with van der Waals surface area (Å²) in [6.45, 7) is 7.92. The Balaban J connectivity index is 1.57. The van der Waals surface area contributed by atoms with Crippen LogP contribution in [0.5, 0.6) is 5.75 Å². The molecule has 1 aromatic heterocycles. The average Bonchev–Trinajstić information content (AvgIpc) is 2.94. The van der Waals surface area contributed by atoms with E-state index in [1.807, 2.05) is 24.0 Å². The number of likely N-dealkylation sites (tertiary alicyclic amines) is 1. The third-order valence-corrected chi connectivity index (χ3v) is 5.24. The highest BCUT2D eigenvalue weighted by Crippen LogP contribution is 2.21. The van der Waals surface area contributed by atoms with Gasteiger partial charge in [0.25, 0.3) is 0 Å². The van der Waals surface area contributed by atoms with Crippen LogP contribution in [0.3, 0.4) is 0 Å². The fourth-order valence-corrected chi connectivity index (χ4v) is 3.83. The molecular formula is C22H30N4O2. The second kappa shape index (κ2) is 10.2. The van der Waals surface area contributed by atoms with Crippen LogP contribution in [-0.2, 0) is 17.9 Å². The predicted molar refractivity (Wildman–Crippen MR) is 109 cm³/mol. The van der Waals surface area contributed by atoms with Gasteiger partial charge in [-0.2, -0.15) is 0 Å². The van der Waals surface area contributed by atoms with Gasteiger partial charge in [0.15, 0.2) is 0 Å². The summed E-state index contributed by atoms with van der Waals surface area (Å²) >= 11 is 0. The van der Waals surface area contributed by atoms with Crippen molar-refractivity contribution >= 4 is 5.91 Å². The SMILES string of the molecule is CCOc1ccc(CN2CCC[C@@H](N(Cc3cncnc3)C(C)=O)CC2)cc1. The molecule has 1 aromatic carbocycles. The molecular weight excluding hydrogens is 352 g/mol. The van der Waals surface area contributed by atoms with Crippen LogP contribution in [-0.4, -0.2) is 51.4 Å². The van der Waals surface area contributed by atoms with Gasteiger partial charge in [-0.15, -0.1) is 0 Å². The van der Waals surface area contributed by atoms with E-state index >= 15 is 0 Å². The Morgan fingerprint density at radius 1 is 1.14 bits per heavy atom. The Kier molecular flexibility index (Phi) is 7.37. The van der Waals surface area contributed by atoms with Crippen LogP contribution >= 0.6 is 0 Å². The first-order chi connectivity index (χ1) is 13.7. The minimum absolute atomic E-state index is 0.119. The van der Waals surface area contributed by atoms with Gasteiger partial charge < -0.3 is 9.64 Å². The Hall–Kier alpha value is -2.47. The minimum Gasteiger partial charge on any atom is -0.494 e. The van der Waals surface area contributed by atoms with E-state index in [9.17, 15) is 4.79 Å². The first-order valence-corrected chi connectivity index (χ1v) is 10.1. The summed E-state index contributed by atoms with van der Waals surface area (Å²) in [7, 11) is 0. The lowest BCUT2D eigenvalue weighted by Gasteiger charge is -2.30. The Morgan fingerprint density at radius 3 is 2.57 bits per heavy atom. The van der Waals surface area contributed by atoms with Crippen molar-refractivity contribution in [1.82, 2.24) is 19.8 Å². The largest absolute Gasteiger partial charge is 0.494 e. The first-order valence-electron chi connectivity index (χ1n) is 10.1. The molecule has 0 N–H and O–H groups in total. The topological polar surface area (TPSA) is 58.6 Å². The second-order valence-electron chi connectivity index (χ2n) is 7.33. The van der Waals surface area contributed by atoms with E-state index in [-0.39, 0.29) is 11.9 Å². The molecule has 2 aromatic rings. The zero-order valence-electron chi connectivity index (χ0n) is 16.9. The first kappa shape index (κ1) is 20.3. The zero-order valence-corrected chi connectivity index (χ0v) is 16.9. The lowest BCUT2D eigenvalue weighted by molar-refractivity contribution is -0.132. The average molecular weight is 383 g/mol. The van der Waals surface area contributed by atoms with Crippen molar-refractivity contribution < 1.29 is 9.53 Å². The lowest BCUT2D eigenvalue weighted by atomic mass is 10.1. The van der Waals surface area contributed by atoms with Crippen LogP contribution in [0.2, 0.25) is 0 Å². The minimum atomic E-state index is 0.119. The molecule has 0 aliphatic carbocycles. The molecule has 6 heteroatoms. The maximum atomic E-state index is 12.3. The van der Waals surface area contributed by atoms with Gasteiger partial charge in [0.05, 0.1) is 6.61 Å². The predicted octanol–water partition coefficient (Wildman–Crippen LogP) is 3.28. The summed E-state index contributed by atoms with van der Waals surface area (Å²) in [6, 6.07) is 8.63. The van der Waals surface area contributed by atoms with E-state index in [0.717, 1.165) is 50.2 Å². The molecule has 1 saturated heterocycles. The Bertz CT molecular complexity index is 736. The number of hydrogen-bond donors (Lipinski definition) is 0. The van der Waals surface area contributed by atoms with Crippen molar-refractivity contribution in [2.75, 3.05) is 19.7 Å². The molecule has 28 heavy (non-hydrogen) atoms. The highest BCUT2D eigenvalue weighted by molar-refractivity contribution is 5.73. The molecule has 3 rings (SSSR count). The van der Waals surface area contributed by atoms with E-state index in [1.54, 1.807) is 19.3 Å². The summed E-state index contributed by atoms with van der Waals surface area (Å²) in [5.74, 6) is 1.04. The van der Waals surface area contributed by atoms with Crippen LogP contribution in [0.4, 0.5) is 0 Å². The molecule has 6 nitrogen and oxygen atoms in total. The molecule has 1 fully saturated rings. The van der Waals surface area contributed by atoms with Crippen LogP contribution in [0.25, 0.3) is 0 Å². The maximum Gasteiger partial charge on any atom is 0.219 e. The van der Waals surface area contributed by atoms with Gasteiger partial charge in [-0.05, 0) is 50.4 Å². The third kappa shape index (κ3) is 5.76. The number of aromatic nitrogens is 2. The monoisotopic (exact) mass is 382 g/mol. The van der Waals surface area contributed by atoms with Crippen molar-refractivity contribution in [3.05, 3.63) is 54.1 Å². The molecule has 1 aliphatic rings. The Morgan fingerprint density at radius 2 is 1.89 bits per heavy atom. The zero-order chi connectivity index (χ0) is 19.8. The number of ether oxygens (including phenoxy) is 1. The fraction of sp³-hybridized carbons (Fsp3) is 0.500. The molecule has 0 spiro atoms. The van der Waals surface area contributed by atoms with Gasteiger partial charge in [-0.3, -0.25) is 9.69 Å². The van der Waals surface area contributed by atoms with E-state index in [1.165, 1.54) is 11.9 Å². The number of carbonyl (C=O) groups excluding carboxylic acids is 1. The molecule has 2 heterocycles. The number of rotatable bonds is 7. The number of hydrogen-bond acceptors (Lipinski definition) is 5. The molecule has 0 bridgehead atoms.